The number of amides is 2. The van der Waals surface area contributed by atoms with E-state index in [2.05, 4.69) is 6.92 Å². The molecule has 4 rings (SSSR count). The zero-order valence-electron chi connectivity index (χ0n) is 20.7. The van der Waals surface area contributed by atoms with Crippen molar-refractivity contribution in [2.75, 3.05) is 26.2 Å². The maximum atomic E-state index is 13.0. The lowest BCUT2D eigenvalue weighted by molar-refractivity contribution is -0.134. The molecule has 0 saturated carbocycles. The average molecular weight is 492 g/mol. The van der Waals surface area contributed by atoms with Crippen LogP contribution in [0, 0.1) is 13.8 Å². The number of likely N-dealkylation sites (tertiary alicyclic amines) is 1. The Morgan fingerprint density at radius 3 is 2.51 bits per heavy atom. The van der Waals surface area contributed by atoms with E-state index in [0.717, 1.165) is 34.7 Å². The first-order valence-corrected chi connectivity index (χ1v) is 13.1. The summed E-state index contributed by atoms with van der Waals surface area (Å²) >= 11 is 1.55. The minimum atomic E-state index is -0.0324. The number of benzene rings is 2. The molecule has 184 valence electrons. The van der Waals surface area contributed by atoms with Crippen LogP contribution in [0.5, 0.6) is 5.75 Å². The molecule has 0 radical (unpaired) electrons. The maximum absolute atomic E-state index is 13.0. The van der Waals surface area contributed by atoms with Gasteiger partial charge in [-0.1, -0.05) is 36.4 Å². The van der Waals surface area contributed by atoms with E-state index in [1.165, 1.54) is 5.56 Å². The van der Waals surface area contributed by atoms with E-state index in [-0.39, 0.29) is 24.3 Å². The van der Waals surface area contributed by atoms with Crippen LogP contribution >= 0.6 is 11.3 Å². The predicted molar refractivity (Wildman–Crippen MR) is 139 cm³/mol. The highest BCUT2D eigenvalue weighted by molar-refractivity contribution is 7.09. The third-order valence-corrected chi connectivity index (χ3v) is 7.67. The number of piperidine rings is 1. The van der Waals surface area contributed by atoms with Gasteiger partial charge in [0.25, 0.3) is 11.8 Å². The average Bonchev–Trinajstić information content (AvgIpc) is 3.38. The predicted octanol–water partition coefficient (Wildman–Crippen LogP) is 5.21. The highest BCUT2D eigenvalue weighted by Crippen LogP contribution is 2.31. The van der Waals surface area contributed by atoms with Crippen molar-refractivity contribution in [2.45, 2.75) is 46.1 Å². The SMILES string of the molecule is CCN(Cc1ccccc1)C(=O)c1csc(C2CCN(C(=O)COc3ccc(C)c(C)c3)CC2)n1. The normalized spacial score (nSPS) is 14.1. The van der Waals surface area contributed by atoms with Gasteiger partial charge in [-0.15, -0.1) is 11.3 Å². The van der Waals surface area contributed by atoms with Gasteiger partial charge >= 0.3 is 0 Å². The Morgan fingerprint density at radius 2 is 1.83 bits per heavy atom. The van der Waals surface area contributed by atoms with E-state index in [1.54, 1.807) is 11.3 Å². The van der Waals surface area contributed by atoms with Crippen LogP contribution in [-0.2, 0) is 11.3 Å². The van der Waals surface area contributed by atoms with E-state index < -0.39 is 0 Å². The zero-order chi connectivity index (χ0) is 24.8. The Balaban J connectivity index is 1.28. The largest absolute Gasteiger partial charge is 0.484 e. The fraction of sp³-hybridized carbons (Fsp3) is 0.393. The molecule has 0 bridgehead atoms. The number of hydrogen-bond acceptors (Lipinski definition) is 5. The molecule has 2 heterocycles. The number of hydrogen-bond donors (Lipinski definition) is 0. The van der Waals surface area contributed by atoms with Gasteiger partial charge in [-0.05, 0) is 62.4 Å². The third kappa shape index (κ3) is 6.28. The Kier molecular flexibility index (Phi) is 8.18. The Hall–Kier alpha value is -3.19. The molecule has 0 aliphatic carbocycles. The molecule has 3 aromatic rings. The molecule has 1 aliphatic heterocycles. The first-order valence-electron chi connectivity index (χ1n) is 12.2. The van der Waals surface area contributed by atoms with Crippen molar-refractivity contribution in [3.63, 3.8) is 0 Å². The van der Waals surface area contributed by atoms with Crippen molar-refractivity contribution in [3.05, 3.63) is 81.3 Å². The summed E-state index contributed by atoms with van der Waals surface area (Å²) < 4.78 is 5.73. The molecular weight excluding hydrogens is 458 g/mol. The summed E-state index contributed by atoms with van der Waals surface area (Å²) in [7, 11) is 0. The van der Waals surface area contributed by atoms with E-state index in [4.69, 9.17) is 9.72 Å². The lowest BCUT2D eigenvalue weighted by Crippen LogP contribution is -2.40. The fourth-order valence-electron chi connectivity index (χ4n) is 4.28. The van der Waals surface area contributed by atoms with Gasteiger partial charge in [0, 0.05) is 37.5 Å². The molecule has 6 nitrogen and oxygen atoms in total. The first kappa shape index (κ1) is 24.9. The van der Waals surface area contributed by atoms with Crippen LogP contribution in [0.4, 0.5) is 0 Å². The van der Waals surface area contributed by atoms with E-state index in [1.807, 2.05) is 77.6 Å². The molecule has 0 spiro atoms. The minimum absolute atomic E-state index is 0.0104. The number of thiazole rings is 1. The van der Waals surface area contributed by atoms with Gasteiger partial charge in [0.15, 0.2) is 6.61 Å². The number of nitrogens with zero attached hydrogens (tertiary/aromatic N) is 3. The molecule has 7 heteroatoms. The molecule has 0 atom stereocenters. The highest BCUT2D eigenvalue weighted by atomic mass is 32.1. The van der Waals surface area contributed by atoms with Crippen molar-refractivity contribution in [2.24, 2.45) is 0 Å². The summed E-state index contributed by atoms with van der Waals surface area (Å²) in [4.78, 5) is 34.1. The molecule has 1 saturated heterocycles. The second kappa shape index (κ2) is 11.5. The first-order chi connectivity index (χ1) is 16.9. The van der Waals surface area contributed by atoms with Crippen molar-refractivity contribution in [3.8, 4) is 5.75 Å². The number of carbonyl (C=O) groups excluding carboxylic acids is 2. The third-order valence-electron chi connectivity index (χ3n) is 6.66. The van der Waals surface area contributed by atoms with Crippen molar-refractivity contribution >= 4 is 23.2 Å². The van der Waals surface area contributed by atoms with Crippen LogP contribution in [0.1, 0.15) is 57.9 Å². The Morgan fingerprint density at radius 1 is 1.09 bits per heavy atom. The summed E-state index contributed by atoms with van der Waals surface area (Å²) in [6, 6.07) is 15.9. The van der Waals surface area contributed by atoms with Crippen LogP contribution in [-0.4, -0.2) is 52.8 Å². The van der Waals surface area contributed by atoms with Gasteiger partial charge in [-0.3, -0.25) is 9.59 Å². The molecule has 1 aromatic heterocycles. The quantitative estimate of drug-likeness (QED) is 0.434. The summed E-state index contributed by atoms with van der Waals surface area (Å²) in [6.07, 6.45) is 1.69. The van der Waals surface area contributed by atoms with E-state index in [9.17, 15) is 9.59 Å². The highest BCUT2D eigenvalue weighted by Gasteiger charge is 2.27. The lowest BCUT2D eigenvalue weighted by Gasteiger charge is -2.31. The van der Waals surface area contributed by atoms with Crippen molar-refractivity contribution < 1.29 is 14.3 Å². The van der Waals surface area contributed by atoms with Crippen LogP contribution in [0.3, 0.4) is 0 Å². The molecule has 0 unspecified atom stereocenters. The number of ether oxygens (including phenoxy) is 1. The number of aryl methyl sites for hydroxylation is 2. The Bertz CT molecular complexity index is 1150. The second-order valence-electron chi connectivity index (χ2n) is 9.07. The van der Waals surface area contributed by atoms with Crippen LogP contribution in [0.2, 0.25) is 0 Å². The zero-order valence-corrected chi connectivity index (χ0v) is 21.5. The Labute approximate surface area is 211 Å². The van der Waals surface area contributed by atoms with Gasteiger partial charge in [-0.25, -0.2) is 4.98 Å². The van der Waals surface area contributed by atoms with Gasteiger partial charge in [0.1, 0.15) is 11.4 Å². The number of carbonyl (C=O) groups is 2. The molecule has 1 aliphatic rings. The maximum Gasteiger partial charge on any atom is 0.273 e. The number of rotatable bonds is 8. The molecule has 0 N–H and O–H groups in total. The summed E-state index contributed by atoms with van der Waals surface area (Å²) in [5, 5.41) is 2.86. The van der Waals surface area contributed by atoms with E-state index in [0.29, 0.717) is 31.9 Å². The van der Waals surface area contributed by atoms with Crippen molar-refractivity contribution in [1.29, 1.82) is 0 Å². The van der Waals surface area contributed by atoms with Crippen LogP contribution in [0.15, 0.2) is 53.9 Å². The van der Waals surface area contributed by atoms with Gasteiger partial charge in [0.2, 0.25) is 0 Å². The van der Waals surface area contributed by atoms with E-state index >= 15 is 0 Å². The van der Waals surface area contributed by atoms with Gasteiger partial charge in [-0.2, -0.15) is 0 Å². The summed E-state index contributed by atoms with van der Waals surface area (Å²) in [5.41, 5.74) is 3.98. The van der Waals surface area contributed by atoms with Gasteiger partial charge < -0.3 is 14.5 Å². The molecule has 1 fully saturated rings. The number of aromatic nitrogens is 1. The smallest absolute Gasteiger partial charge is 0.273 e. The molecule has 2 amide bonds. The molecular formula is C28H33N3O3S. The molecule has 2 aromatic carbocycles. The van der Waals surface area contributed by atoms with Crippen LogP contribution in [0.25, 0.3) is 0 Å². The summed E-state index contributed by atoms with van der Waals surface area (Å²) in [6.45, 7) is 8.70. The topological polar surface area (TPSA) is 62.7 Å². The lowest BCUT2D eigenvalue weighted by atomic mass is 9.97. The summed E-state index contributed by atoms with van der Waals surface area (Å²) in [5.74, 6) is 0.978. The fourth-order valence-corrected chi connectivity index (χ4v) is 5.25. The van der Waals surface area contributed by atoms with Gasteiger partial charge in [0.05, 0.1) is 5.01 Å². The monoisotopic (exact) mass is 491 g/mol. The van der Waals surface area contributed by atoms with Crippen LogP contribution < -0.4 is 4.74 Å². The molecule has 35 heavy (non-hydrogen) atoms. The second-order valence-corrected chi connectivity index (χ2v) is 9.96. The standard InChI is InChI=1S/C28H33N3O3S/c1-4-30(17-22-8-6-5-7-9-22)28(33)25-19-35-27(29-25)23-12-14-31(15-13-23)26(32)18-34-24-11-10-20(2)21(3)16-24/h5-11,16,19,23H,4,12-15,17-18H2,1-3H3. The minimum Gasteiger partial charge on any atom is -0.484 e. The van der Waals surface area contributed by atoms with Crippen molar-refractivity contribution in [1.82, 2.24) is 14.8 Å².